The maximum Gasteiger partial charge on any atom is 0.408 e. The Balaban J connectivity index is 2.77. The molecule has 0 saturated carbocycles. The number of nitrogens with zero attached hydrogens (tertiary/aromatic N) is 2. The van der Waals surface area contributed by atoms with E-state index < -0.39 is 12.7 Å². The minimum absolute atomic E-state index is 0.249. The van der Waals surface area contributed by atoms with Gasteiger partial charge >= 0.3 is 6.18 Å². The fourth-order valence-electron chi connectivity index (χ4n) is 0.758. The van der Waals surface area contributed by atoms with Gasteiger partial charge in [-0.25, -0.2) is 0 Å². The Kier molecular flexibility index (Phi) is 2.32. The molecule has 0 aliphatic carbocycles. The van der Waals surface area contributed by atoms with Crippen molar-refractivity contribution < 1.29 is 13.2 Å². The molecule has 1 heterocycles. The van der Waals surface area contributed by atoms with Crippen LogP contribution in [-0.4, -0.2) is 16.0 Å². The summed E-state index contributed by atoms with van der Waals surface area (Å²) in [5.41, 5.74) is 0.404. The van der Waals surface area contributed by atoms with Gasteiger partial charge in [0, 0.05) is 6.20 Å². The van der Waals surface area contributed by atoms with E-state index in [9.17, 15) is 13.2 Å². The molecule has 0 N–H and O–H groups in total. The molecule has 0 aliphatic rings. The predicted molar refractivity (Wildman–Crippen MR) is 38.0 cm³/mol. The molecule has 68 valence electrons. The standard InChI is InChI=1S/C6H6ClF3N2/c1-4-5(7)2-12(11-4)3-6(8,9)10/h2H,3H2,1H3. The van der Waals surface area contributed by atoms with Crippen LogP contribution in [0.25, 0.3) is 0 Å². The van der Waals surface area contributed by atoms with E-state index in [4.69, 9.17) is 11.6 Å². The number of halogens is 4. The highest BCUT2D eigenvalue weighted by atomic mass is 35.5. The van der Waals surface area contributed by atoms with Gasteiger partial charge in [0.05, 0.1) is 10.7 Å². The second kappa shape index (κ2) is 2.97. The fourth-order valence-corrected chi connectivity index (χ4v) is 0.909. The van der Waals surface area contributed by atoms with Gasteiger partial charge in [0.25, 0.3) is 0 Å². The molecule has 1 aromatic rings. The summed E-state index contributed by atoms with van der Waals surface area (Å²) in [4.78, 5) is 0. The average Bonchev–Trinajstić information content (AvgIpc) is 2.07. The Morgan fingerprint density at radius 1 is 1.58 bits per heavy atom. The first kappa shape index (κ1) is 9.38. The van der Waals surface area contributed by atoms with Crippen molar-refractivity contribution in [3.63, 3.8) is 0 Å². The van der Waals surface area contributed by atoms with E-state index in [1.54, 1.807) is 6.92 Å². The lowest BCUT2D eigenvalue weighted by molar-refractivity contribution is -0.142. The third-order valence-electron chi connectivity index (χ3n) is 1.23. The van der Waals surface area contributed by atoms with Gasteiger partial charge in [0.15, 0.2) is 0 Å². The lowest BCUT2D eigenvalue weighted by Crippen LogP contribution is -2.17. The summed E-state index contributed by atoms with van der Waals surface area (Å²) in [5, 5.41) is 3.81. The van der Waals surface area contributed by atoms with Crippen LogP contribution in [0.1, 0.15) is 5.69 Å². The van der Waals surface area contributed by atoms with Crippen LogP contribution in [0.5, 0.6) is 0 Å². The zero-order valence-electron chi connectivity index (χ0n) is 6.19. The van der Waals surface area contributed by atoms with Crippen molar-refractivity contribution in [3.8, 4) is 0 Å². The lowest BCUT2D eigenvalue weighted by atomic mass is 10.5. The highest BCUT2D eigenvalue weighted by Gasteiger charge is 2.28. The first-order valence-electron chi connectivity index (χ1n) is 3.15. The van der Waals surface area contributed by atoms with E-state index in [0.29, 0.717) is 5.69 Å². The van der Waals surface area contributed by atoms with E-state index in [1.807, 2.05) is 0 Å². The van der Waals surface area contributed by atoms with Crippen LogP contribution < -0.4 is 0 Å². The number of rotatable bonds is 1. The lowest BCUT2D eigenvalue weighted by Gasteiger charge is -2.04. The highest BCUT2D eigenvalue weighted by molar-refractivity contribution is 6.31. The monoisotopic (exact) mass is 198 g/mol. The molecule has 1 rings (SSSR count). The molecule has 0 spiro atoms. The SMILES string of the molecule is Cc1nn(CC(F)(F)F)cc1Cl. The number of aromatic nitrogens is 2. The molecule has 0 saturated heterocycles. The van der Waals surface area contributed by atoms with E-state index in [2.05, 4.69) is 5.10 Å². The third kappa shape index (κ3) is 2.41. The molecule has 0 fully saturated rings. The Morgan fingerprint density at radius 3 is 2.50 bits per heavy atom. The first-order valence-corrected chi connectivity index (χ1v) is 3.52. The number of alkyl halides is 3. The first-order chi connectivity index (χ1) is 5.38. The summed E-state index contributed by atoms with van der Waals surface area (Å²) in [5.74, 6) is 0. The van der Waals surface area contributed by atoms with Crippen LogP contribution >= 0.6 is 11.6 Å². The molecular weight excluding hydrogens is 193 g/mol. The van der Waals surface area contributed by atoms with Gasteiger partial charge in [-0.15, -0.1) is 0 Å². The van der Waals surface area contributed by atoms with Crippen LogP contribution in [0, 0.1) is 6.92 Å². The molecule has 2 nitrogen and oxygen atoms in total. The third-order valence-corrected chi connectivity index (χ3v) is 1.60. The van der Waals surface area contributed by atoms with Gasteiger partial charge < -0.3 is 0 Å². The van der Waals surface area contributed by atoms with Crippen molar-refractivity contribution in [2.75, 3.05) is 0 Å². The van der Waals surface area contributed by atoms with Crippen molar-refractivity contribution in [3.05, 3.63) is 16.9 Å². The van der Waals surface area contributed by atoms with Gasteiger partial charge in [-0.05, 0) is 6.92 Å². The number of aryl methyl sites for hydroxylation is 1. The topological polar surface area (TPSA) is 17.8 Å². The second-order valence-corrected chi connectivity index (χ2v) is 2.78. The van der Waals surface area contributed by atoms with Crippen LogP contribution in [0.2, 0.25) is 5.02 Å². The molecule has 6 heteroatoms. The van der Waals surface area contributed by atoms with Crippen molar-refractivity contribution in [1.29, 1.82) is 0 Å². The fraction of sp³-hybridized carbons (Fsp3) is 0.500. The van der Waals surface area contributed by atoms with E-state index in [0.717, 1.165) is 10.9 Å². The maximum absolute atomic E-state index is 11.8. The Labute approximate surface area is 71.9 Å². The Bertz CT molecular complexity index is 259. The van der Waals surface area contributed by atoms with Gasteiger partial charge in [-0.3, -0.25) is 4.68 Å². The number of hydrogen-bond acceptors (Lipinski definition) is 1. The zero-order chi connectivity index (χ0) is 9.35. The molecule has 0 amide bonds. The van der Waals surface area contributed by atoms with Crippen molar-refractivity contribution in [1.82, 2.24) is 9.78 Å². The minimum Gasteiger partial charge on any atom is -0.262 e. The average molecular weight is 199 g/mol. The summed E-state index contributed by atoms with van der Waals surface area (Å²) in [6.45, 7) is 0.454. The van der Waals surface area contributed by atoms with Crippen molar-refractivity contribution >= 4 is 11.6 Å². The summed E-state index contributed by atoms with van der Waals surface area (Å²) in [6.07, 6.45) is -3.09. The zero-order valence-corrected chi connectivity index (χ0v) is 6.95. The van der Waals surface area contributed by atoms with Crippen molar-refractivity contribution in [2.24, 2.45) is 0 Å². The highest BCUT2D eigenvalue weighted by Crippen LogP contribution is 2.19. The second-order valence-electron chi connectivity index (χ2n) is 2.38. The van der Waals surface area contributed by atoms with Gasteiger partial charge in [0.2, 0.25) is 0 Å². The molecule has 0 atom stereocenters. The van der Waals surface area contributed by atoms with Gasteiger partial charge in [-0.1, -0.05) is 11.6 Å². The van der Waals surface area contributed by atoms with Crippen LogP contribution in [-0.2, 0) is 6.54 Å². The van der Waals surface area contributed by atoms with E-state index in [-0.39, 0.29) is 5.02 Å². The number of hydrogen-bond donors (Lipinski definition) is 0. The molecule has 0 unspecified atom stereocenters. The summed E-state index contributed by atoms with van der Waals surface area (Å²) < 4.78 is 36.1. The largest absolute Gasteiger partial charge is 0.408 e. The molecular formula is C6H6ClF3N2. The van der Waals surface area contributed by atoms with Crippen LogP contribution in [0.3, 0.4) is 0 Å². The van der Waals surface area contributed by atoms with E-state index >= 15 is 0 Å². The molecule has 12 heavy (non-hydrogen) atoms. The summed E-state index contributed by atoms with van der Waals surface area (Å²) in [7, 11) is 0. The molecule has 1 aromatic heterocycles. The van der Waals surface area contributed by atoms with Crippen LogP contribution in [0.4, 0.5) is 13.2 Å². The quantitative estimate of drug-likeness (QED) is 0.678. The maximum atomic E-state index is 11.8. The van der Waals surface area contributed by atoms with Crippen LogP contribution in [0.15, 0.2) is 6.20 Å². The van der Waals surface area contributed by atoms with Gasteiger partial charge in [0.1, 0.15) is 6.54 Å². The molecule has 0 bridgehead atoms. The molecule has 0 aromatic carbocycles. The normalized spacial score (nSPS) is 12.1. The minimum atomic E-state index is -4.25. The Hall–Kier alpha value is -0.710. The predicted octanol–water partition coefficient (Wildman–Crippen LogP) is 2.41. The van der Waals surface area contributed by atoms with Crippen molar-refractivity contribution in [2.45, 2.75) is 19.6 Å². The molecule has 0 radical (unpaired) electrons. The Morgan fingerprint density at radius 2 is 2.17 bits per heavy atom. The summed E-state index contributed by atoms with van der Waals surface area (Å²) in [6, 6.07) is 0. The van der Waals surface area contributed by atoms with Gasteiger partial charge in [-0.2, -0.15) is 18.3 Å². The van der Waals surface area contributed by atoms with E-state index in [1.165, 1.54) is 0 Å². The molecule has 0 aliphatic heterocycles. The smallest absolute Gasteiger partial charge is 0.262 e. The summed E-state index contributed by atoms with van der Waals surface area (Å²) >= 11 is 5.51.